The van der Waals surface area contributed by atoms with Crippen LogP contribution in [-0.2, 0) is 9.59 Å². The summed E-state index contributed by atoms with van der Waals surface area (Å²) in [5.74, 6) is -0.658. The molecule has 3 amide bonds. The molecule has 0 bridgehead atoms. The van der Waals surface area contributed by atoms with Gasteiger partial charge in [0, 0.05) is 23.6 Å². The molecule has 3 rings (SSSR count). The number of aromatic nitrogens is 1. The third-order valence-corrected chi connectivity index (χ3v) is 4.77. The molecule has 0 saturated carbocycles. The maximum Gasteiger partial charge on any atom is 0.255 e. The monoisotopic (exact) mass is 430 g/mol. The second-order valence-corrected chi connectivity index (χ2v) is 7.33. The standard InChI is InChI=1S/C20H19FN4O4S/c1-10-6-15(11(2)29-10)19(28)22-8-18(27)25-20-24-17(9-30-20)14-5-4-13(7-16(14)21)23-12(3)26/h4-7,9H,8H2,1-3H3,(H,22,28)(H,23,26)(H,24,25,27). The molecule has 1 aromatic carbocycles. The van der Waals surface area contributed by atoms with Gasteiger partial charge in [-0.15, -0.1) is 11.3 Å². The predicted molar refractivity (Wildman–Crippen MR) is 111 cm³/mol. The van der Waals surface area contributed by atoms with E-state index in [1.165, 1.54) is 19.1 Å². The number of anilines is 2. The van der Waals surface area contributed by atoms with E-state index in [0.717, 1.165) is 11.3 Å². The Balaban J connectivity index is 1.60. The fourth-order valence-electron chi connectivity index (χ4n) is 2.73. The first-order valence-corrected chi connectivity index (χ1v) is 9.79. The van der Waals surface area contributed by atoms with Gasteiger partial charge in [0.25, 0.3) is 5.91 Å². The number of amides is 3. The van der Waals surface area contributed by atoms with E-state index in [4.69, 9.17) is 4.42 Å². The highest BCUT2D eigenvalue weighted by Gasteiger charge is 2.16. The lowest BCUT2D eigenvalue weighted by molar-refractivity contribution is -0.115. The minimum Gasteiger partial charge on any atom is -0.466 e. The smallest absolute Gasteiger partial charge is 0.255 e. The third-order valence-electron chi connectivity index (χ3n) is 4.01. The van der Waals surface area contributed by atoms with Crippen LogP contribution in [-0.4, -0.2) is 29.3 Å². The molecule has 0 radical (unpaired) electrons. The number of nitrogens with zero attached hydrogens (tertiary/aromatic N) is 1. The Kier molecular flexibility index (Phi) is 6.26. The molecule has 3 aromatic rings. The van der Waals surface area contributed by atoms with E-state index in [9.17, 15) is 18.8 Å². The van der Waals surface area contributed by atoms with Gasteiger partial charge in [-0.1, -0.05) is 0 Å². The average Bonchev–Trinajstić information content (AvgIpc) is 3.25. The summed E-state index contributed by atoms with van der Waals surface area (Å²) in [5.41, 5.74) is 1.29. The van der Waals surface area contributed by atoms with Crippen molar-refractivity contribution in [3.05, 3.63) is 52.5 Å². The Labute approximate surface area is 175 Å². The second-order valence-electron chi connectivity index (χ2n) is 6.47. The molecule has 0 unspecified atom stereocenters. The van der Waals surface area contributed by atoms with Crippen molar-refractivity contribution in [2.45, 2.75) is 20.8 Å². The number of nitrogens with one attached hydrogen (secondary N) is 3. The van der Waals surface area contributed by atoms with Crippen LogP contribution in [0, 0.1) is 19.7 Å². The summed E-state index contributed by atoms with van der Waals surface area (Å²) in [5, 5.41) is 9.45. The van der Waals surface area contributed by atoms with Crippen LogP contribution in [0.3, 0.4) is 0 Å². The molecular formula is C20H19FN4O4S. The van der Waals surface area contributed by atoms with Gasteiger partial charge in [0.15, 0.2) is 5.13 Å². The molecule has 2 aromatic heterocycles. The van der Waals surface area contributed by atoms with Gasteiger partial charge < -0.3 is 20.4 Å². The summed E-state index contributed by atoms with van der Waals surface area (Å²) in [7, 11) is 0. The zero-order valence-corrected chi connectivity index (χ0v) is 17.3. The van der Waals surface area contributed by atoms with Crippen molar-refractivity contribution in [3.63, 3.8) is 0 Å². The van der Waals surface area contributed by atoms with E-state index < -0.39 is 17.6 Å². The average molecular weight is 430 g/mol. The number of furan rings is 1. The number of aryl methyl sites for hydroxylation is 2. The van der Waals surface area contributed by atoms with Gasteiger partial charge in [0.1, 0.15) is 17.3 Å². The van der Waals surface area contributed by atoms with Crippen LogP contribution < -0.4 is 16.0 Å². The number of carbonyl (C=O) groups excluding carboxylic acids is 3. The van der Waals surface area contributed by atoms with Crippen LogP contribution in [0.5, 0.6) is 0 Å². The molecule has 0 aliphatic heterocycles. The number of hydrogen-bond donors (Lipinski definition) is 3. The molecule has 0 aliphatic rings. The van der Waals surface area contributed by atoms with Crippen LogP contribution in [0.15, 0.2) is 34.1 Å². The molecule has 3 N–H and O–H groups in total. The quantitative estimate of drug-likeness (QED) is 0.554. The lowest BCUT2D eigenvalue weighted by Gasteiger charge is -2.05. The first-order valence-electron chi connectivity index (χ1n) is 8.91. The van der Waals surface area contributed by atoms with Gasteiger partial charge >= 0.3 is 0 Å². The molecule has 0 saturated heterocycles. The minimum absolute atomic E-state index is 0.236. The fourth-order valence-corrected chi connectivity index (χ4v) is 3.46. The van der Waals surface area contributed by atoms with Crippen LogP contribution in [0.1, 0.15) is 28.8 Å². The van der Waals surface area contributed by atoms with Gasteiger partial charge in [-0.05, 0) is 38.1 Å². The normalized spacial score (nSPS) is 10.5. The number of halogens is 1. The molecule has 0 atom stereocenters. The molecular weight excluding hydrogens is 411 g/mol. The molecule has 0 aliphatic carbocycles. The summed E-state index contributed by atoms with van der Waals surface area (Å²) < 4.78 is 19.6. The zero-order valence-electron chi connectivity index (χ0n) is 16.5. The largest absolute Gasteiger partial charge is 0.466 e. The fraction of sp³-hybridized carbons (Fsp3) is 0.200. The van der Waals surface area contributed by atoms with Gasteiger partial charge in [0.05, 0.1) is 17.8 Å². The Hall–Kier alpha value is -3.53. The van der Waals surface area contributed by atoms with Crippen molar-refractivity contribution < 1.29 is 23.2 Å². The van der Waals surface area contributed by atoms with E-state index in [2.05, 4.69) is 20.9 Å². The van der Waals surface area contributed by atoms with Crippen LogP contribution >= 0.6 is 11.3 Å². The highest BCUT2D eigenvalue weighted by Crippen LogP contribution is 2.28. The first-order chi connectivity index (χ1) is 14.2. The molecule has 8 nitrogen and oxygen atoms in total. The molecule has 0 fully saturated rings. The summed E-state index contributed by atoms with van der Waals surface area (Å²) >= 11 is 1.13. The van der Waals surface area contributed by atoms with Crippen molar-refractivity contribution in [1.29, 1.82) is 0 Å². The van der Waals surface area contributed by atoms with Gasteiger partial charge in [-0.3, -0.25) is 14.4 Å². The summed E-state index contributed by atoms with van der Waals surface area (Å²) in [6, 6.07) is 5.86. The van der Waals surface area contributed by atoms with Crippen LogP contribution in [0.2, 0.25) is 0 Å². The Morgan fingerprint density at radius 1 is 1.17 bits per heavy atom. The Morgan fingerprint density at radius 2 is 1.93 bits per heavy atom. The van der Waals surface area contributed by atoms with Crippen molar-refractivity contribution >= 4 is 39.9 Å². The molecule has 156 valence electrons. The Morgan fingerprint density at radius 3 is 2.57 bits per heavy atom. The van der Waals surface area contributed by atoms with Crippen molar-refractivity contribution in [3.8, 4) is 11.3 Å². The third kappa shape index (κ3) is 5.09. The molecule has 2 heterocycles. The molecule has 0 spiro atoms. The van der Waals surface area contributed by atoms with Crippen LogP contribution in [0.4, 0.5) is 15.2 Å². The summed E-state index contributed by atoms with van der Waals surface area (Å²) in [6.45, 7) is 4.48. The van der Waals surface area contributed by atoms with Crippen LogP contribution in [0.25, 0.3) is 11.3 Å². The Bertz CT molecular complexity index is 1120. The summed E-state index contributed by atoms with van der Waals surface area (Å²) in [6.07, 6.45) is 0. The SMILES string of the molecule is CC(=O)Nc1ccc(-c2csc(NC(=O)CNC(=O)c3cc(C)oc3C)n2)c(F)c1. The van der Waals surface area contributed by atoms with E-state index in [1.54, 1.807) is 31.4 Å². The van der Waals surface area contributed by atoms with Crippen molar-refractivity contribution in [2.75, 3.05) is 17.2 Å². The van der Waals surface area contributed by atoms with Gasteiger partial charge in [-0.25, -0.2) is 9.37 Å². The first kappa shape index (κ1) is 21.2. The topological polar surface area (TPSA) is 113 Å². The summed E-state index contributed by atoms with van der Waals surface area (Å²) in [4.78, 5) is 39.5. The maximum atomic E-state index is 14.3. The lowest BCUT2D eigenvalue weighted by Crippen LogP contribution is -2.32. The van der Waals surface area contributed by atoms with E-state index in [0.29, 0.717) is 28.5 Å². The highest BCUT2D eigenvalue weighted by atomic mass is 32.1. The number of hydrogen-bond acceptors (Lipinski definition) is 6. The second kappa shape index (κ2) is 8.87. The number of thiazole rings is 1. The lowest BCUT2D eigenvalue weighted by atomic mass is 10.1. The van der Waals surface area contributed by atoms with Gasteiger partial charge in [0.2, 0.25) is 11.8 Å². The minimum atomic E-state index is -0.553. The number of benzene rings is 1. The van der Waals surface area contributed by atoms with E-state index >= 15 is 0 Å². The molecule has 10 heteroatoms. The maximum absolute atomic E-state index is 14.3. The van der Waals surface area contributed by atoms with Gasteiger partial charge in [-0.2, -0.15) is 0 Å². The highest BCUT2D eigenvalue weighted by molar-refractivity contribution is 7.14. The number of carbonyl (C=O) groups is 3. The van der Waals surface area contributed by atoms with Crippen molar-refractivity contribution in [1.82, 2.24) is 10.3 Å². The van der Waals surface area contributed by atoms with E-state index in [1.807, 2.05) is 0 Å². The molecule has 30 heavy (non-hydrogen) atoms. The predicted octanol–water partition coefficient (Wildman–Crippen LogP) is 3.49. The van der Waals surface area contributed by atoms with Crippen molar-refractivity contribution in [2.24, 2.45) is 0 Å². The van der Waals surface area contributed by atoms with E-state index in [-0.39, 0.29) is 23.1 Å². The number of rotatable bonds is 6. The zero-order chi connectivity index (χ0) is 21.8.